The van der Waals surface area contributed by atoms with E-state index in [1.807, 2.05) is 61.2 Å². The summed E-state index contributed by atoms with van der Waals surface area (Å²) in [4.78, 5) is 14.7. The van der Waals surface area contributed by atoms with Crippen molar-refractivity contribution in [2.75, 3.05) is 13.2 Å². The first-order valence-electron chi connectivity index (χ1n) is 11.3. The summed E-state index contributed by atoms with van der Waals surface area (Å²) in [6.07, 6.45) is 5.89. The maximum absolute atomic E-state index is 14.8. The summed E-state index contributed by atoms with van der Waals surface area (Å²) in [5.74, 6) is -0.208. The summed E-state index contributed by atoms with van der Waals surface area (Å²) >= 11 is 0. The van der Waals surface area contributed by atoms with E-state index in [1.165, 1.54) is 0 Å². The fraction of sp³-hybridized carbons (Fsp3) is 0.423. The zero-order valence-electron chi connectivity index (χ0n) is 18.3. The van der Waals surface area contributed by atoms with E-state index in [0.717, 1.165) is 42.4 Å². The van der Waals surface area contributed by atoms with Crippen molar-refractivity contribution in [3.63, 3.8) is 0 Å². The lowest BCUT2D eigenvalue weighted by Crippen LogP contribution is -2.48. The third kappa shape index (κ3) is 4.99. The Hall–Kier alpha value is -2.66. The maximum Gasteiger partial charge on any atom is 0.318 e. The number of amides is 2. The van der Waals surface area contributed by atoms with Gasteiger partial charge in [0.25, 0.3) is 0 Å². The largest absolute Gasteiger partial charge is 0.379 e. The molecule has 2 atom stereocenters. The Morgan fingerprint density at radius 3 is 2.68 bits per heavy atom. The van der Waals surface area contributed by atoms with Gasteiger partial charge in [-0.15, -0.1) is 0 Å². The van der Waals surface area contributed by atoms with Gasteiger partial charge < -0.3 is 15.0 Å². The highest BCUT2D eigenvalue weighted by molar-refractivity contribution is 5.79. The summed E-state index contributed by atoms with van der Waals surface area (Å²) in [5.41, 5.74) is 3.55. The maximum atomic E-state index is 14.8. The molecule has 2 aliphatic heterocycles. The number of benzene rings is 2. The molecule has 31 heavy (non-hydrogen) atoms. The van der Waals surface area contributed by atoms with Crippen molar-refractivity contribution < 1.29 is 13.9 Å². The molecule has 5 heteroatoms. The fourth-order valence-electron chi connectivity index (χ4n) is 4.61. The highest BCUT2D eigenvalue weighted by Crippen LogP contribution is 2.39. The van der Waals surface area contributed by atoms with Crippen LogP contribution in [0.1, 0.15) is 45.1 Å². The Morgan fingerprint density at radius 1 is 1.16 bits per heavy atom. The third-order valence-corrected chi connectivity index (χ3v) is 6.10. The number of rotatable bonds is 7. The standard InChI is InChI=1S/C26H31FN2O2/c1-18(2)31-14-6-13-28-26(30)29-22-10-11-23(29)16-21(15-22)20-9-12-24(25(27)17-20)19-7-4-3-5-8-19/h3-5,7-9,12,15,17-18,22-23H,6,10-11,13-14,16H2,1-2H3,(H,28,30). The van der Waals surface area contributed by atoms with Crippen LogP contribution >= 0.6 is 0 Å². The van der Waals surface area contributed by atoms with E-state index in [2.05, 4.69) is 11.4 Å². The van der Waals surface area contributed by atoms with Crippen LogP contribution in [0.15, 0.2) is 54.6 Å². The number of halogens is 1. The predicted molar refractivity (Wildman–Crippen MR) is 122 cm³/mol. The topological polar surface area (TPSA) is 41.6 Å². The van der Waals surface area contributed by atoms with Crippen LogP contribution in [0, 0.1) is 5.82 Å². The molecular formula is C26H31FN2O2. The van der Waals surface area contributed by atoms with Crippen LogP contribution in [0.3, 0.4) is 0 Å². The Morgan fingerprint density at radius 2 is 1.97 bits per heavy atom. The van der Waals surface area contributed by atoms with E-state index in [0.29, 0.717) is 18.7 Å². The van der Waals surface area contributed by atoms with Gasteiger partial charge in [-0.1, -0.05) is 48.5 Å². The van der Waals surface area contributed by atoms with Crippen molar-refractivity contribution in [2.24, 2.45) is 0 Å². The van der Waals surface area contributed by atoms with E-state index >= 15 is 0 Å². The van der Waals surface area contributed by atoms with Crippen LogP contribution in [-0.2, 0) is 4.74 Å². The number of carbonyl (C=O) groups excluding carboxylic acids is 1. The van der Waals surface area contributed by atoms with Crippen LogP contribution in [0.5, 0.6) is 0 Å². The Labute approximate surface area is 184 Å². The summed E-state index contributed by atoms with van der Waals surface area (Å²) in [7, 11) is 0. The average Bonchev–Trinajstić information content (AvgIpc) is 3.03. The molecule has 4 nitrogen and oxygen atoms in total. The Bertz CT molecular complexity index is 942. The van der Waals surface area contributed by atoms with E-state index in [-0.39, 0.29) is 30.0 Å². The quantitative estimate of drug-likeness (QED) is 0.587. The Kier molecular flexibility index (Phi) is 6.71. The zero-order valence-corrected chi connectivity index (χ0v) is 18.3. The molecule has 0 spiro atoms. The molecule has 0 saturated carbocycles. The minimum absolute atomic E-state index is 0.00190. The summed E-state index contributed by atoms with van der Waals surface area (Å²) < 4.78 is 20.4. The lowest BCUT2D eigenvalue weighted by Gasteiger charge is -2.34. The number of hydrogen-bond donors (Lipinski definition) is 1. The second-order valence-corrected chi connectivity index (χ2v) is 8.67. The first-order valence-corrected chi connectivity index (χ1v) is 11.3. The second kappa shape index (κ2) is 9.65. The van der Waals surface area contributed by atoms with Gasteiger partial charge in [0.05, 0.1) is 12.1 Å². The zero-order chi connectivity index (χ0) is 21.8. The molecular weight excluding hydrogens is 391 g/mol. The minimum Gasteiger partial charge on any atom is -0.379 e. The van der Waals surface area contributed by atoms with Crippen LogP contribution in [0.2, 0.25) is 0 Å². The van der Waals surface area contributed by atoms with Gasteiger partial charge in [0.1, 0.15) is 5.82 Å². The van der Waals surface area contributed by atoms with Crippen molar-refractivity contribution >= 4 is 11.6 Å². The highest BCUT2D eigenvalue weighted by Gasteiger charge is 2.39. The monoisotopic (exact) mass is 422 g/mol. The molecule has 0 aromatic heterocycles. The van der Waals surface area contributed by atoms with Crippen molar-refractivity contribution in [2.45, 2.75) is 57.7 Å². The smallest absolute Gasteiger partial charge is 0.318 e. The molecule has 2 heterocycles. The first kappa shape index (κ1) is 21.6. The van der Waals surface area contributed by atoms with E-state index in [1.54, 1.807) is 6.07 Å². The summed E-state index contributed by atoms with van der Waals surface area (Å²) in [5, 5.41) is 3.03. The molecule has 2 bridgehead atoms. The lowest BCUT2D eigenvalue weighted by atomic mass is 9.93. The molecule has 1 fully saturated rings. The fourth-order valence-corrected chi connectivity index (χ4v) is 4.61. The minimum atomic E-state index is -0.208. The third-order valence-electron chi connectivity index (χ3n) is 6.10. The van der Waals surface area contributed by atoms with Gasteiger partial charge in [-0.2, -0.15) is 0 Å². The van der Waals surface area contributed by atoms with E-state index in [4.69, 9.17) is 4.74 Å². The van der Waals surface area contributed by atoms with E-state index in [9.17, 15) is 9.18 Å². The molecule has 1 N–H and O–H groups in total. The van der Waals surface area contributed by atoms with Gasteiger partial charge >= 0.3 is 6.03 Å². The average molecular weight is 423 g/mol. The Balaban J connectivity index is 1.41. The molecule has 1 saturated heterocycles. The van der Waals surface area contributed by atoms with Gasteiger partial charge in [-0.3, -0.25) is 0 Å². The molecule has 164 valence electrons. The van der Waals surface area contributed by atoms with Gasteiger partial charge in [0.2, 0.25) is 0 Å². The van der Waals surface area contributed by atoms with Crippen molar-refractivity contribution in [1.82, 2.24) is 10.2 Å². The molecule has 2 unspecified atom stereocenters. The molecule has 2 aromatic rings. The normalized spacial score (nSPS) is 20.1. The number of urea groups is 1. The van der Waals surface area contributed by atoms with Crippen molar-refractivity contribution in [1.29, 1.82) is 0 Å². The first-order chi connectivity index (χ1) is 15.0. The van der Waals surface area contributed by atoms with Gasteiger partial charge in [-0.25, -0.2) is 9.18 Å². The number of fused-ring (bicyclic) bond motifs is 2. The molecule has 0 aliphatic carbocycles. The number of carbonyl (C=O) groups is 1. The van der Waals surface area contributed by atoms with Gasteiger partial charge in [0, 0.05) is 24.8 Å². The highest BCUT2D eigenvalue weighted by atomic mass is 19.1. The van der Waals surface area contributed by atoms with E-state index < -0.39 is 0 Å². The van der Waals surface area contributed by atoms with Crippen molar-refractivity contribution in [3.05, 3.63) is 66.0 Å². The second-order valence-electron chi connectivity index (χ2n) is 8.67. The number of hydrogen-bond acceptors (Lipinski definition) is 2. The van der Waals surface area contributed by atoms with Gasteiger partial charge in [0.15, 0.2) is 0 Å². The van der Waals surface area contributed by atoms with Crippen LogP contribution in [0.4, 0.5) is 9.18 Å². The van der Waals surface area contributed by atoms with Crippen LogP contribution in [-0.4, -0.2) is 42.3 Å². The van der Waals surface area contributed by atoms with Gasteiger partial charge in [-0.05, 0) is 62.3 Å². The molecule has 2 aliphatic rings. The van der Waals surface area contributed by atoms with Crippen molar-refractivity contribution in [3.8, 4) is 11.1 Å². The molecule has 2 aromatic carbocycles. The number of ether oxygens (including phenoxy) is 1. The molecule has 2 amide bonds. The SMILES string of the molecule is CC(C)OCCCNC(=O)N1C2C=C(c3ccc(-c4ccccc4)c(F)c3)CC1CC2. The summed E-state index contributed by atoms with van der Waals surface area (Å²) in [6.45, 7) is 5.29. The number of nitrogens with one attached hydrogen (secondary N) is 1. The van der Waals surface area contributed by atoms with Crippen LogP contribution < -0.4 is 5.32 Å². The van der Waals surface area contributed by atoms with Crippen LogP contribution in [0.25, 0.3) is 16.7 Å². The number of nitrogens with zero attached hydrogens (tertiary/aromatic N) is 1. The molecule has 4 rings (SSSR count). The molecule has 0 radical (unpaired) electrons. The summed E-state index contributed by atoms with van der Waals surface area (Å²) in [6, 6.07) is 15.4. The predicted octanol–water partition coefficient (Wildman–Crippen LogP) is 5.64. The lowest BCUT2D eigenvalue weighted by molar-refractivity contribution is 0.0770.